The molecule has 0 fully saturated rings. The molecule has 8 heteroatoms. The number of benzene rings is 2. The van der Waals surface area contributed by atoms with Crippen molar-refractivity contribution in [1.29, 1.82) is 0 Å². The molecule has 1 amide bonds. The van der Waals surface area contributed by atoms with Crippen molar-refractivity contribution in [3.63, 3.8) is 0 Å². The molecular weight excluding hydrogens is 429 g/mol. The van der Waals surface area contributed by atoms with Gasteiger partial charge in [-0.15, -0.1) is 0 Å². The Morgan fingerprint density at radius 1 is 1.00 bits per heavy atom. The topological polar surface area (TPSA) is 57.2 Å². The van der Waals surface area contributed by atoms with E-state index in [4.69, 9.17) is 42.1 Å². The number of hydrogen-bond acceptors (Lipinski definition) is 5. The van der Waals surface area contributed by atoms with Crippen molar-refractivity contribution in [3.05, 3.63) is 52.0 Å². The van der Waals surface area contributed by atoms with E-state index in [1.165, 1.54) is 0 Å². The van der Waals surface area contributed by atoms with Crippen molar-refractivity contribution in [3.8, 4) is 23.0 Å². The largest absolute Gasteiger partial charge is 0.496 e. The summed E-state index contributed by atoms with van der Waals surface area (Å²) in [4.78, 5) is 14.3. The molecule has 0 radical (unpaired) electrons. The van der Waals surface area contributed by atoms with Gasteiger partial charge in [-0.05, 0) is 24.1 Å². The molecule has 1 aliphatic heterocycles. The van der Waals surface area contributed by atoms with Crippen LogP contribution in [0.3, 0.4) is 0 Å². The minimum atomic E-state index is -0.130. The Morgan fingerprint density at radius 3 is 2.27 bits per heavy atom. The summed E-state index contributed by atoms with van der Waals surface area (Å²) in [6.45, 7) is 0.896. The van der Waals surface area contributed by atoms with Crippen molar-refractivity contribution < 1.29 is 23.7 Å². The monoisotopic (exact) mass is 451 g/mol. The average Bonchev–Trinajstić information content (AvgIpc) is 2.78. The molecule has 1 heterocycles. The van der Waals surface area contributed by atoms with Crippen LogP contribution in [0.15, 0.2) is 36.4 Å². The molecular formula is C22H23Cl2NO5. The third-order valence-electron chi connectivity index (χ3n) is 4.84. The van der Waals surface area contributed by atoms with Gasteiger partial charge in [0.1, 0.15) is 23.0 Å². The molecule has 0 saturated carbocycles. The van der Waals surface area contributed by atoms with Gasteiger partial charge in [-0.2, -0.15) is 0 Å². The summed E-state index contributed by atoms with van der Waals surface area (Å²) in [7, 11) is 4.81. The van der Waals surface area contributed by atoms with Crippen LogP contribution in [0.2, 0.25) is 10.0 Å². The van der Waals surface area contributed by atoms with Crippen LogP contribution in [0.25, 0.3) is 5.57 Å². The molecule has 0 N–H and O–H groups in total. The second kappa shape index (κ2) is 9.96. The van der Waals surface area contributed by atoms with E-state index in [0.717, 1.165) is 11.1 Å². The number of carbonyl (C=O) groups excluding carboxylic acids is 1. The maximum Gasteiger partial charge on any atom is 0.260 e. The maximum absolute atomic E-state index is 12.6. The zero-order valence-corrected chi connectivity index (χ0v) is 18.5. The van der Waals surface area contributed by atoms with Crippen LogP contribution in [-0.2, 0) is 4.79 Å². The van der Waals surface area contributed by atoms with Gasteiger partial charge in [-0.1, -0.05) is 29.3 Å². The van der Waals surface area contributed by atoms with Gasteiger partial charge < -0.3 is 23.8 Å². The lowest BCUT2D eigenvalue weighted by atomic mass is 9.97. The normalized spacial score (nSPS) is 13.5. The highest BCUT2D eigenvalue weighted by atomic mass is 35.5. The highest BCUT2D eigenvalue weighted by molar-refractivity contribution is 6.34. The first kappa shape index (κ1) is 22.1. The fourth-order valence-corrected chi connectivity index (χ4v) is 3.60. The molecule has 1 aliphatic rings. The van der Waals surface area contributed by atoms with E-state index in [1.54, 1.807) is 44.4 Å². The predicted octanol–water partition coefficient (Wildman–Crippen LogP) is 4.71. The van der Waals surface area contributed by atoms with Gasteiger partial charge in [0.15, 0.2) is 6.61 Å². The summed E-state index contributed by atoms with van der Waals surface area (Å²) in [6, 6.07) is 8.53. The van der Waals surface area contributed by atoms with Crippen molar-refractivity contribution in [2.24, 2.45) is 0 Å². The summed E-state index contributed by atoms with van der Waals surface area (Å²) in [5.41, 5.74) is 1.92. The van der Waals surface area contributed by atoms with E-state index < -0.39 is 0 Å². The van der Waals surface area contributed by atoms with Gasteiger partial charge >= 0.3 is 0 Å². The summed E-state index contributed by atoms with van der Waals surface area (Å²) in [5, 5.41) is 0.904. The third kappa shape index (κ3) is 4.94. The number of halogens is 2. The summed E-state index contributed by atoms with van der Waals surface area (Å²) in [6.07, 6.45) is 2.66. The molecule has 30 heavy (non-hydrogen) atoms. The van der Waals surface area contributed by atoms with Crippen molar-refractivity contribution >= 4 is 34.7 Å². The van der Waals surface area contributed by atoms with Gasteiger partial charge in [-0.3, -0.25) is 4.79 Å². The number of methoxy groups -OCH3 is 3. The quantitative estimate of drug-likeness (QED) is 0.609. The first-order valence-corrected chi connectivity index (χ1v) is 10.1. The molecule has 0 atom stereocenters. The van der Waals surface area contributed by atoms with E-state index in [2.05, 4.69) is 0 Å². The Morgan fingerprint density at radius 2 is 1.70 bits per heavy atom. The molecule has 0 unspecified atom stereocenters. The van der Waals surface area contributed by atoms with Crippen LogP contribution < -0.4 is 18.9 Å². The predicted molar refractivity (Wildman–Crippen MR) is 117 cm³/mol. The third-order valence-corrected chi connectivity index (χ3v) is 5.39. The van der Waals surface area contributed by atoms with Crippen LogP contribution in [0.4, 0.5) is 0 Å². The Balaban J connectivity index is 1.70. The highest BCUT2D eigenvalue weighted by Crippen LogP contribution is 2.40. The standard InChI is InChI=1S/C22H23Cl2NO5/c1-27-16-11-19(28-2)22(20(12-16)29-3)14-6-8-25(9-7-14)21(26)13-30-18-10-15(23)4-5-17(18)24/h4-6,10-12H,7-9,13H2,1-3H3. The van der Waals surface area contributed by atoms with Crippen molar-refractivity contribution in [1.82, 2.24) is 4.90 Å². The zero-order chi connectivity index (χ0) is 21.7. The van der Waals surface area contributed by atoms with Gasteiger partial charge in [0.2, 0.25) is 0 Å². The molecule has 2 aromatic carbocycles. The summed E-state index contributed by atoms with van der Waals surface area (Å²) < 4.78 is 21.9. The molecule has 2 aromatic rings. The number of rotatable bonds is 7. The molecule has 6 nitrogen and oxygen atoms in total. The van der Waals surface area contributed by atoms with Crippen LogP contribution in [0, 0.1) is 0 Å². The molecule has 0 saturated heterocycles. The van der Waals surface area contributed by atoms with E-state index in [9.17, 15) is 4.79 Å². The smallest absolute Gasteiger partial charge is 0.260 e. The molecule has 0 bridgehead atoms. The number of hydrogen-bond donors (Lipinski definition) is 0. The lowest BCUT2D eigenvalue weighted by Crippen LogP contribution is -2.37. The van der Waals surface area contributed by atoms with Crippen LogP contribution in [0.5, 0.6) is 23.0 Å². The van der Waals surface area contributed by atoms with Gasteiger partial charge in [0.05, 0.1) is 31.9 Å². The van der Waals surface area contributed by atoms with E-state index in [0.29, 0.717) is 52.6 Å². The van der Waals surface area contributed by atoms with E-state index >= 15 is 0 Å². The number of amides is 1. The minimum absolute atomic E-state index is 0.113. The molecule has 0 aromatic heterocycles. The van der Waals surface area contributed by atoms with E-state index in [1.807, 2.05) is 18.2 Å². The molecule has 3 rings (SSSR count). The zero-order valence-electron chi connectivity index (χ0n) is 17.0. The van der Waals surface area contributed by atoms with Gasteiger partial charge in [0.25, 0.3) is 5.91 Å². The number of ether oxygens (including phenoxy) is 4. The summed E-state index contributed by atoms with van der Waals surface area (Å²) in [5.74, 6) is 2.23. The van der Waals surface area contributed by atoms with Crippen LogP contribution >= 0.6 is 23.2 Å². The number of nitrogens with zero attached hydrogens (tertiary/aromatic N) is 1. The Bertz CT molecular complexity index is 936. The Labute approximate surface area is 185 Å². The highest BCUT2D eigenvalue weighted by Gasteiger charge is 2.23. The number of carbonyl (C=O) groups is 1. The van der Waals surface area contributed by atoms with Crippen LogP contribution in [0.1, 0.15) is 12.0 Å². The lowest BCUT2D eigenvalue weighted by Gasteiger charge is -2.28. The summed E-state index contributed by atoms with van der Waals surface area (Å²) >= 11 is 12.0. The minimum Gasteiger partial charge on any atom is -0.496 e. The Kier molecular flexibility index (Phi) is 7.34. The van der Waals surface area contributed by atoms with Crippen molar-refractivity contribution in [2.75, 3.05) is 41.0 Å². The lowest BCUT2D eigenvalue weighted by molar-refractivity contribution is -0.132. The second-order valence-electron chi connectivity index (χ2n) is 6.59. The fraction of sp³-hybridized carbons (Fsp3) is 0.318. The average molecular weight is 452 g/mol. The first-order chi connectivity index (χ1) is 14.5. The Hall–Kier alpha value is -2.57. The van der Waals surface area contributed by atoms with Gasteiger partial charge in [0, 0.05) is 36.3 Å². The maximum atomic E-state index is 12.6. The SMILES string of the molecule is COc1cc(OC)c(C2=CCN(C(=O)COc3cc(Cl)ccc3Cl)CC2)c(OC)c1. The van der Waals surface area contributed by atoms with Crippen molar-refractivity contribution in [2.45, 2.75) is 6.42 Å². The molecule has 160 valence electrons. The molecule has 0 spiro atoms. The van der Waals surface area contributed by atoms with Gasteiger partial charge in [-0.25, -0.2) is 0 Å². The molecule has 0 aliphatic carbocycles. The second-order valence-corrected chi connectivity index (χ2v) is 7.43. The first-order valence-electron chi connectivity index (χ1n) is 9.31. The van der Waals surface area contributed by atoms with Crippen LogP contribution in [-0.4, -0.2) is 51.8 Å². The van der Waals surface area contributed by atoms with E-state index in [-0.39, 0.29) is 12.5 Å². The fourth-order valence-electron chi connectivity index (χ4n) is 3.26.